The van der Waals surface area contributed by atoms with E-state index in [0.717, 1.165) is 23.4 Å². The molecule has 1 amide bonds. The Balaban J connectivity index is 1.66. The third-order valence-corrected chi connectivity index (χ3v) is 4.14. The van der Waals surface area contributed by atoms with Crippen molar-refractivity contribution in [2.45, 2.75) is 39.0 Å². The molecule has 2 atom stereocenters. The van der Waals surface area contributed by atoms with Gasteiger partial charge in [-0.25, -0.2) is 4.98 Å². The molecular weight excluding hydrogens is 326 g/mol. The van der Waals surface area contributed by atoms with E-state index in [4.69, 9.17) is 19.7 Å². The molecule has 1 aliphatic heterocycles. The third-order valence-electron chi connectivity index (χ3n) is 4.14. The number of nitrogens with two attached hydrogens (primary N) is 1. The number of aryl methyl sites for hydroxylation is 2. The van der Waals surface area contributed by atoms with Crippen LogP contribution in [0.15, 0.2) is 16.9 Å². The van der Waals surface area contributed by atoms with Crippen LogP contribution in [0.5, 0.6) is 0 Å². The summed E-state index contributed by atoms with van der Waals surface area (Å²) in [6, 6.07) is -0.119. The monoisotopic (exact) mass is 347 g/mol. The van der Waals surface area contributed by atoms with Crippen LogP contribution in [0.4, 0.5) is 5.82 Å². The maximum Gasteiger partial charge on any atom is 0.268 e. The van der Waals surface area contributed by atoms with Gasteiger partial charge in [-0.3, -0.25) is 9.78 Å². The summed E-state index contributed by atoms with van der Waals surface area (Å²) in [5.74, 6) is 0.592. The van der Waals surface area contributed by atoms with Crippen molar-refractivity contribution in [2.24, 2.45) is 5.73 Å². The van der Waals surface area contributed by atoms with E-state index in [9.17, 15) is 4.79 Å². The third kappa shape index (κ3) is 4.12. The summed E-state index contributed by atoms with van der Waals surface area (Å²) >= 11 is 0. The summed E-state index contributed by atoms with van der Waals surface area (Å²) in [6.07, 6.45) is 3.52. The topological polar surface area (TPSA) is 125 Å². The van der Waals surface area contributed by atoms with Gasteiger partial charge in [0.1, 0.15) is 17.3 Å². The number of aromatic nitrogens is 3. The predicted octanol–water partition coefficient (Wildman–Crippen LogP) is 0.967. The largest absolute Gasteiger partial charge is 0.379 e. The summed E-state index contributed by atoms with van der Waals surface area (Å²) in [5, 5.41) is 7.15. The quantitative estimate of drug-likeness (QED) is 0.791. The second kappa shape index (κ2) is 7.58. The van der Waals surface area contributed by atoms with Gasteiger partial charge in [0.15, 0.2) is 0 Å². The Morgan fingerprint density at radius 2 is 2.28 bits per heavy atom. The molecule has 3 heterocycles. The van der Waals surface area contributed by atoms with E-state index in [1.165, 1.54) is 12.4 Å². The number of anilines is 1. The van der Waals surface area contributed by atoms with Crippen molar-refractivity contribution in [3.05, 3.63) is 35.1 Å². The van der Waals surface area contributed by atoms with Crippen molar-refractivity contribution < 1.29 is 18.8 Å². The zero-order chi connectivity index (χ0) is 17.8. The highest BCUT2D eigenvalue weighted by Crippen LogP contribution is 2.20. The van der Waals surface area contributed by atoms with Crippen molar-refractivity contribution in [1.82, 2.24) is 15.1 Å². The van der Waals surface area contributed by atoms with E-state index in [2.05, 4.69) is 20.4 Å². The molecule has 1 saturated heterocycles. The van der Waals surface area contributed by atoms with Crippen LogP contribution >= 0.6 is 0 Å². The number of nitrogens with one attached hydrogen (secondary N) is 1. The van der Waals surface area contributed by atoms with E-state index in [1.807, 2.05) is 13.8 Å². The fourth-order valence-corrected chi connectivity index (χ4v) is 2.69. The van der Waals surface area contributed by atoms with Gasteiger partial charge in [-0.1, -0.05) is 5.16 Å². The number of carbonyl (C=O) groups excluding carboxylic acids is 1. The van der Waals surface area contributed by atoms with Crippen LogP contribution in [0.2, 0.25) is 0 Å². The standard InChI is InChI=1S/C16H21N5O4/c1-9-11(10(2)25-21-9)7-24-14-3-4-23-8-13(14)20-15-6-18-5-12(19-15)16(17)22/h5-6,13-14H,3-4,7-8H2,1-2H3,(H2,17,22)(H,19,20)/t13-,14+/m0/s1. The molecular formula is C16H21N5O4. The number of hydrogen-bond acceptors (Lipinski definition) is 8. The first-order valence-electron chi connectivity index (χ1n) is 8.04. The van der Waals surface area contributed by atoms with Gasteiger partial charge in [0.05, 0.1) is 43.4 Å². The number of nitrogens with zero attached hydrogens (tertiary/aromatic N) is 3. The first-order valence-corrected chi connectivity index (χ1v) is 8.04. The number of ether oxygens (including phenoxy) is 2. The highest BCUT2D eigenvalue weighted by Gasteiger charge is 2.28. The Kier molecular flexibility index (Phi) is 5.25. The van der Waals surface area contributed by atoms with Crippen LogP contribution in [0.1, 0.15) is 33.9 Å². The number of amides is 1. The molecule has 0 bridgehead atoms. The van der Waals surface area contributed by atoms with Gasteiger partial charge in [-0.2, -0.15) is 0 Å². The Morgan fingerprint density at radius 1 is 1.44 bits per heavy atom. The highest BCUT2D eigenvalue weighted by atomic mass is 16.5. The van der Waals surface area contributed by atoms with Gasteiger partial charge in [0, 0.05) is 12.2 Å². The summed E-state index contributed by atoms with van der Waals surface area (Å²) in [4.78, 5) is 19.4. The highest BCUT2D eigenvalue weighted by molar-refractivity contribution is 5.90. The maximum atomic E-state index is 11.2. The van der Waals surface area contributed by atoms with Gasteiger partial charge in [0.25, 0.3) is 5.91 Å². The summed E-state index contributed by atoms with van der Waals surface area (Å²) < 4.78 is 16.8. The summed E-state index contributed by atoms with van der Waals surface area (Å²) in [6.45, 7) is 5.26. The Bertz CT molecular complexity index is 728. The molecule has 25 heavy (non-hydrogen) atoms. The first kappa shape index (κ1) is 17.3. The van der Waals surface area contributed by atoms with Crippen LogP contribution in [0.3, 0.4) is 0 Å². The van der Waals surface area contributed by atoms with E-state index >= 15 is 0 Å². The minimum absolute atomic E-state index is 0.0820. The van der Waals surface area contributed by atoms with Gasteiger partial charge < -0.3 is 25.0 Å². The SMILES string of the molecule is Cc1noc(C)c1CO[C@@H]1CCOC[C@@H]1Nc1cncc(C(N)=O)n1. The van der Waals surface area contributed by atoms with Gasteiger partial charge in [0.2, 0.25) is 0 Å². The molecule has 0 aromatic carbocycles. The van der Waals surface area contributed by atoms with Gasteiger partial charge in [-0.15, -0.1) is 0 Å². The number of carbonyl (C=O) groups is 1. The zero-order valence-corrected chi connectivity index (χ0v) is 14.2. The second-order valence-electron chi connectivity index (χ2n) is 5.92. The Labute approximate surface area is 144 Å². The molecule has 134 valence electrons. The molecule has 0 saturated carbocycles. The molecule has 0 spiro atoms. The molecule has 9 nitrogen and oxygen atoms in total. The Morgan fingerprint density at radius 3 is 3.00 bits per heavy atom. The molecule has 0 unspecified atom stereocenters. The number of rotatable bonds is 6. The van der Waals surface area contributed by atoms with Gasteiger partial charge in [-0.05, 0) is 20.3 Å². The number of hydrogen-bond donors (Lipinski definition) is 2. The fourth-order valence-electron chi connectivity index (χ4n) is 2.69. The van der Waals surface area contributed by atoms with Crippen molar-refractivity contribution in [3.8, 4) is 0 Å². The van der Waals surface area contributed by atoms with Crippen LogP contribution in [0.25, 0.3) is 0 Å². The second-order valence-corrected chi connectivity index (χ2v) is 5.92. The van der Waals surface area contributed by atoms with E-state index in [0.29, 0.717) is 25.6 Å². The van der Waals surface area contributed by atoms with Crippen molar-refractivity contribution >= 4 is 11.7 Å². The van der Waals surface area contributed by atoms with Crippen LogP contribution < -0.4 is 11.1 Å². The number of primary amides is 1. The minimum atomic E-state index is -0.623. The van der Waals surface area contributed by atoms with Crippen LogP contribution in [-0.4, -0.2) is 46.4 Å². The molecule has 1 fully saturated rings. The first-order chi connectivity index (χ1) is 12.0. The molecule has 1 aliphatic rings. The Hall–Kier alpha value is -2.52. The zero-order valence-electron chi connectivity index (χ0n) is 14.2. The van der Waals surface area contributed by atoms with E-state index < -0.39 is 5.91 Å². The maximum absolute atomic E-state index is 11.2. The molecule has 9 heteroatoms. The molecule has 3 rings (SSSR count). The van der Waals surface area contributed by atoms with Crippen LogP contribution in [0, 0.1) is 13.8 Å². The molecule has 0 aliphatic carbocycles. The normalized spacial score (nSPS) is 20.4. The average Bonchev–Trinajstić information content (AvgIpc) is 2.92. The summed E-state index contributed by atoms with van der Waals surface area (Å²) in [7, 11) is 0. The van der Waals surface area contributed by atoms with Gasteiger partial charge >= 0.3 is 0 Å². The van der Waals surface area contributed by atoms with Crippen molar-refractivity contribution in [2.75, 3.05) is 18.5 Å². The fraction of sp³-hybridized carbons (Fsp3) is 0.500. The van der Waals surface area contributed by atoms with Crippen LogP contribution in [-0.2, 0) is 16.1 Å². The lowest BCUT2D eigenvalue weighted by molar-refractivity contribution is -0.0482. The van der Waals surface area contributed by atoms with Crippen molar-refractivity contribution in [3.63, 3.8) is 0 Å². The molecule has 0 radical (unpaired) electrons. The smallest absolute Gasteiger partial charge is 0.268 e. The average molecular weight is 347 g/mol. The summed E-state index contributed by atoms with van der Waals surface area (Å²) in [5.41, 5.74) is 7.13. The molecule has 2 aromatic heterocycles. The minimum Gasteiger partial charge on any atom is -0.379 e. The lowest BCUT2D eigenvalue weighted by Gasteiger charge is -2.32. The van der Waals surface area contributed by atoms with E-state index in [1.54, 1.807) is 0 Å². The molecule has 2 aromatic rings. The van der Waals surface area contributed by atoms with E-state index in [-0.39, 0.29) is 17.8 Å². The lowest BCUT2D eigenvalue weighted by atomic mass is 10.1. The lowest BCUT2D eigenvalue weighted by Crippen LogP contribution is -2.44. The molecule has 3 N–H and O–H groups in total. The predicted molar refractivity (Wildman–Crippen MR) is 88.0 cm³/mol. The van der Waals surface area contributed by atoms with Crippen molar-refractivity contribution in [1.29, 1.82) is 0 Å².